The van der Waals surface area contributed by atoms with Gasteiger partial charge in [-0.15, -0.1) is 0 Å². The third kappa shape index (κ3) is 3.63. The quantitative estimate of drug-likeness (QED) is 0.637. The van der Waals surface area contributed by atoms with Gasteiger partial charge in [-0.3, -0.25) is 4.79 Å². The van der Waals surface area contributed by atoms with Crippen molar-refractivity contribution in [3.8, 4) is 0 Å². The average molecular weight is 242 g/mol. The summed E-state index contributed by atoms with van der Waals surface area (Å²) in [6.07, 6.45) is 1.25. The molecule has 0 radical (unpaired) electrons. The maximum atomic E-state index is 11.4. The second kappa shape index (κ2) is 6.28. The highest BCUT2D eigenvalue weighted by Crippen LogP contribution is 2.28. The Kier molecular flexibility index (Phi) is 5.31. The van der Waals surface area contributed by atoms with Crippen LogP contribution in [0.15, 0.2) is 11.6 Å². The van der Waals surface area contributed by atoms with E-state index in [-0.39, 0.29) is 24.5 Å². The normalized spacial score (nSPS) is 32.6. The molecule has 1 aliphatic rings. The Morgan fingerprint density at radius 3 is 2.71 bits per heavy atom. The first kappa shape index (κ1) is 14.4. The first-order valence-electron chi connectivity index (χ1n) is 6.21. The molecule has 0 aromatic heterocycles. The third-order valence-corrected chi connectivity index (χ3v) is 3.37. The molecule has 4 nitrogen and oxygen atoms in total. The van der Waals surface area contributed by atoms with E-state index < -0.39 is 18.3 Å². The van der Waals surface area contributed by atoms with Gasteiger partial charge in [-0.05, 0) is 31.3 Å². The molecule has 17 heavy (non-hydrogen) atoms. The molecule has 1 fully saturated rings. The number of carbonyl (C=O) groups is 1. The number of rotatable bonds is 4. The van der Waals surface area contributed by atoms with Gasteiger partial charge in [0.2, 0.25) is 0 Å². The molecule has 0 aromatic rings. The molecule has 1 rings (SSSR count). The number of unbranched alkanes of at least 4 members (excludes halogenated alkanes) is 1. The van der Waals surface area contributed by atoms with Crippen molar-refractivity contribution in [3.05, 3.63) is 11.6 Å². The van der Waals surface area contributed by atoms with Crippen molar-refractivity contribution in [3.63, 3.8) is 0 Å². The zero-order valence-electron chi connectivity index (χ0n) is 10.5. The number of allylic oxidation sites excluding steroid dienone is 1. The van der Waals surface area contributed by atoms with E-state index in [0.29, 0.717) is 0 Å². The molecular weight excluding hydrogens is 220 g/mol. The predicted octanol–water partition coefficient (Wildman–Crippen LogP) is 0.795. The summed E-state index contributed by atoms with van der Waals surface area (Å²) < 4.78 is 0. The minimum Gasteiger partial charge on any atom is -0.390 e. The molecule has 0 aromatic carbocycles. The zero-order valence-corrected chi connectivity index (χ0v) is 10.5. The highest BCUT2D eigenvalue weighted by Gasteiger charge is 2.37. The van der Waals surface area contributed by atoms with Crippen LogP contribution in [0.2, 0.25) is 0 Å². The summed E-state index contributed by atoms with van der Waals surface area (Å²) >= 11 is 0. The smallest absolute Gasteiger partial charge is 0.164 e. The van der Waals surface area contributed by atoms with Crippen molar-refractivity contribution in [2.75, 3.05) is 0 Å². The van der Waals surface area contributed by atoms with E-state index in [1.54, 1.807) is 0 Å². The van der Waals surface area contributed by atoms with Gasteiger partial charge in [0, 0.05) is 6.42 Å². The van der Waals surface area contributed by atoms with Crippen LogP contribution < -0.4 is 0 Å². The van der Waals surface area contributed by atoms with E-state index in [4.69, 9.17) is 0 Å². The zero-order chi connectivity index (χ0) is 13.0. The molecule has 0 bridgehead atoms. The van der Waals surface area contributed by atoms with E-state index in [1.807, 2.05) is 13.0 Å². The highest BCUT2D eigenvalue weighted by atomic mass is 16.3. The molecule has 98 valence electrons. The third-order valence-electron chi connectivity index (χ3n) is 3.37. The van der Waals surface area contributed by atoms with Gasteiger partial charge < -0.3 is 15.3 Å². The first-order valence-corrected chi connectivity index (χ1v) is 6.21. The van der Waals surface area contributed by atoms with Crippen molar-refractivity contribution in [2.45, 2.75) is 57.8 Å². The van der Waals surface area contributed by atoms with Crippen LogP contribution in [-0.2, 0) is 4.79 Å². The fourth-order valence-corrected chi connectivity index (χ4v) is 2.22. The van der Waals surface area contributed by atoms with Gasteiger partial charge in [-0.2, -0.15) is 0 Å². The van der Waals surface area contributed by atoms with Crippen molar-refractivity contribution in [1.82, 2.24) is 0 Å². The Morgan fingerprint density at radius 1 is 1.53 bits per heavy atom. The SMILES string of the molecule is CCCC=C(C)C(O)C1CC(=O)C(O)C(O)C1. The number of aliphatic hydroxyl groups is 3. The van der Waals surface area contributed by atoms with Crippen molar-refractivity contribution >= 4 is 5.78 Å². The predicted molar refractivity (Wildman–Crippen MR) is 64.4 cm³/mol. The Morgan fingerprint density at radius 2 is 2.18 bits per heavy atom. The lowest BCUT2D eigenvalue weighted by atomic mass is 9.79. The van der Waals surface area contributed by atoms with Crippen molar-refractivity contribution < 1.29 is 20.1 Å². The highest BCUT2D eigenvalue weighted by molar-refractivity contribution is 5.84. The van der Waals surface area contributed by atoms with E-state index >= 15 is 0 Å². The Bertz CT molecular complexity index is 298. The summed E-state index contributed by atoms with van der Waals surface area (Å²) in [5.74, 6) is -0.662. The maximum Gasteiger partial charge on any atom is 0.164 e. The van der Waals surface area contributed by atoms with Crippen LogP contribution in [0.1, 0.15) is 39.5 Å². The molecular formula is C13H22O4. The molecule has 4 atom stereocenters. The fourth-order valence-electron chi connectivity index (χ4n) is 2.22. The van der Waals surface area contributed by atoms with Gasteiger partial charge in [0.15, 0.2) is 5.78 Å². The van der Waals surface area contributed by atoms with Crippen LogP contribution in [0.5, 0.6) is 0 Å². The maximum absolute atomic E-state index is 11.4. The fraction of sp³-hybridized carbons (Fsp3) is 0.769. The first-order chi connectivity index (χ1) is 7.97. The van der Waals surface area contributed by atoms with E-state index in [1.165, 1.54) is 0 Å². The summed E-state index contributed by atoms with van der Waals surface area (Å²) in [6, 6.07) is 0. The molecule has 4 heteroatoms. The minimum absolute atomic E-state index is 0.136. The van der Waals surface area contributed by atoms with E-state index in [2.05, 4.69) is 6.92 Å². The van der Waals surface area contributed by atoms with Crippen LogP contribution in [0.3, 0.4) is 0 Å². The second-order valence-corrected chi connectivity index (χ2v) is 4.86. The van der Waals surface area contributed by atoms with Crippen molar-refractivity contribution in [1.29, 1.82) is 0 Å². The summed E-state index contributed by atoms with van der Waals surface area (Å²) in [7, 11) is 0. The molecule has 0 aliphatic heterocycles. The average Bonchev–Trinajstić information content (AvgIpc) is 2.31. The Labute approximate surface area is 102 Å². The number of ketones is 1. The minimum atomic E-state index is -1.28. The topological polar surface area (TPSA) is 77.8 Å². The van der Waals surface area contributed by atoms with Crippen LogP contribution >= 0.6 is 0 Å². The van der Waals surface area contributed by atoms with Gasteiger partial charge >= 0.3 is 0 Å². The number of aliphatic hydroxyl groups excluding tert-OH is 3. The van der Waals surface area contributed by atoms with Crippen LogP contribution in [0.25, 0.3) is 0 Å². The second-order valence-electron chi connectivity index (χ2n) is 4.86. The summed E-state index contributed by atoms with van der Waals surface area (Å²) in [6.45, 7) is 3.89. The molecule has 1 saturated carbocycles. The summed E-state index contributed by atoms with van der Waals surface area (Å²) in [5, 5.41) is 28.9. The van der Waals surface area contributed by atoms with E-state index in [9.17, 15) is 20.1 Å². The van der Waals surface area contributed by atoms with Gasteiger partial charge in [0.1, 0.15) is 6.10 Å². The van der Waals surface area contributed by atoms with Gasteiger partial charge in [0.05, 0.1) is 12.2 Å². The molecule has 0 amide bonds. The number of carbonyl (C=O) groups excluding carboxylic acids is 1. The lowest BCUT2D eigenvalue weighted by Gasteiger charge is -2.32. The van der Waals surface area contributed by atoms with Crippen LogP contribution in [-0.4, -0.2) is 39.4 Å². The van der Waals surface area contributed by atoms with Crippen LogP contribution in [0, 0.1) is 5.92 Å². The Balaban J connectivity index is 2.64. The van der Waals surface area contributed by atoms with Gasteiger partial charge in [-0.1, -0.05) is 19.4 Å². The summed E-state index contributed by atoms with van der Waals surface area (Å²) in [5.41, 5.74) is 0.841. The standard InChI is InChI=1S/C13H22O4/c1-3-4-5-8(2)12(16)9-6-10(14)13(17)11(15)7-9/h5,9-10,12-14,16-17H,3-4,6-7H2,1-2H3. The molecule has 3 N–H and O–H groups in total. The molecule has 1 aliphatic carbocycles. The van der Waals surface area contributed by atoms with Crippen LogP contribution in [0.4, 0.5) is 0 Å². The van der Waals surface area contributed by atoms with Gasteiger partial charge in [0.25, 0.3) is 0 Å². The van der Waals surface area contributed by atoms with Crippen molar-refractivity contribution in [2.24, 2.45) is 5.92 Å². The molecule has 4 unspecified atom stereocenters. The number of hydrogen-bond acceptors (Lipinski definition) is 4. The summed E-state index contributed by atoms with van der Waals surface area (Å²) in [4.78, 5) is 11.4. The molecule has 0 saturated heterocycles. The monoisotopic (exact) mass is 242 g/mol. The van der Waals surface area contributed by atoms with Gasteiger partial charge in [-0.25, -0.2) is 0 Å². The molecule has 0 heterocycles. The molecule has 0 spiro atoms. The lowest BCUT2D eigenvalue weighted by molar-refractivity contribution is -0.141. The number of Topliss-reactive ketones (excluding diaryl/α,β-unsaturated/α-hetero) is 1. The Hall–Kier alpha value is -0.710. The number of hydrogen-bond donors (Lipinski definition) is 3. The van der Waals surface area contributed by atoms with E-state index in [0.717, 1.165) is 18.4 Å². The largest absolute Gasteiger partial charge is 0.390 e. The lowest BCUT2D eigenvalue weighted by Crippen LogP contribution is -2.44.